The topological polar surface area (TPSA) is 28.7 Å². The zero-order chi connectivity index (χ0) is 7.82. The summed E-state index contributed by atoms with van der Waals surface area (Å²) < 4.78 is 0. The van der Waals surface area contributed by atoms with Crippen molar-refractivity contribution in [3.8, 4) is 0 Å². The Kier molecular flexibility index (Phi) is 5.44. The zero-order valence-electron chi connectivity index (χ0n) is 6.59. The van der Waals surface area contributed by atoms with Crippen LogP contribution in [0.25, 0.3) is 6.08 Å². The van der Waals surface area contributed by atoms with Crippen LogP contribution in [0.2, 0.25) is 0 Å². The van der Waals surface area contributed by atoms with Gasteiger partial charge in [0.05, 0.1) is 5.69 Å². The van der Waals surface area contributed by atoms with E-state index in [1.54, 1.807) is 12.3 Å². The summed E-state index contributed by atoms with van der Waals surface area (Å²) in [6, 6.07) is 1.85. The van der Waals surface area contributed by atoms with Crippen LogP contribution in [0.15, 0.2) is 18.8 Å². The van der Waals surface area contributed by atoms with Gasteiger partial charge in [-0.1, -0.05) is 26.8 Å². The van der Waals surface area contributed by atoms with E-state index >= 15 is 0 Å². The lowest BCUT2D eigenvalue weighted by atomic mass is 10.4. The van der Waals surface area contributed by atoms with E-state index in [1.165, 1.54) is 6.42 Å². The number of nitrogens with zero attached hydrogens (tertiary/aromatic N) is 1. The molecule has 0 atom stereocenters. The summed E-state index contributed by atoms with van der Waals surface area (Å²) in [5.41, 5.74) is 0.958. The highest BCUT2D eigenvalue weighted by molar-refractivity contribution is 5.39. The predicted octanol–water partition coefficient (Wildman–Crippen LogP) is 2.72. The van der Waals surface area contributed by atoms with E-state index in [0.29, 0.717) is 0 Å². The van der Waals surface area contributed by atoms with E-state index in [4.69, 9.17) is 0 Å². The number of hydrogen-bond donors (Lipinski definition) is 1. The molecule has 10 heavy (non-hydrogen) atoms. The van der Waals surface area contributed by atoms with Gasteiger partial charge in [0.2, 0.25) is 0 Å². The molecule has 2 nitrogen and oxygen atoms in total. The fourth-order valence-corrected chi connectivity index (χ4v) is 0.380. The molecule has 1 rings (SSSR count). The van der Waals surface area contributed by atoms with E-state index in [1.807, 2.05) is 6.07 Å². The van der Waals surface area contributed by atoms with Gasteiger partial charge < -0.3 is 0 Å². The monoisotopic (exact) mass is 140 g/mol. The molecule has 1 N–H and O–H groups in total. The average Bonchev–Trinajstić information content (AvgIpc) is 2.39. The summed E-state index contributed by atoms with van der Waals surface area (Å²) in [5, 5.41) is 6.42. The van der Waals surface area contributed by atoms with Crippen LogP contribution < -0.4 is 0 Å². The van der Waals surface area contributed by atoms with Crippen molar-refractivity contribution in [1.82, 2.24) is 10.2 Å². The van der Waals surface area contributed by atoms with Gasteiger partial charge >= 0.3 is 0 Å². The van der Waals surface area contributed by atoms with E-state index < -0.39 is 0 Å². The van der Waals surface area contributed by atoms with Gasteiger partial charge in [0, 0.05) is 7.62 Å². The number of aromatic amines is 1. The highest BCUT2D eigenvalue weighted by Gasteiger charge is 1.77. The number of nitrogens with one attached hydrogen (secondary N) is 1. The number of aromatic nitrogens is 2. The van der Waals surface area contributed by atoms with Crippen molar-refractivity contribution in [1.29, 1.82) is 0 Å². The maximum atomic E-state index is 3.70. The molecule has 1 aromatic heterocycles. The minimum atomic E-state index is 0. The van der Waals surface area contributed by atoms with Crippen molar-refractivity contribution in [2.24, 2.45) is 0 Å². The number of hydrogen-bond acceptors (Lipinski definition) is 1. The van der Waals surface area contributed by atoms with Crippen LogP contribution in [0.5, 0.6) is 0 Å². The molecule has 0 radical (unpaired) electrons. The fourth-order valence-electron chi connectivity index (χ4n) is 0.380. The molecule has 1 heterocycles. The molecule has 0 fully saturated rings. The predicted molar refractivity (Wildman–Crippen MR) is 46.8 cm³/mol. The number of H-pyrrole nitrogens is 1. The lowest BCUT2D eigenvalue weighted by Crippen LogP contribution is -1.66. The molecule has 0 aromatic carbocycles. The lowest BCUT2D eigenvalue weighted by Gasteiger charge is -1.72. The summed E-state index contributed by atoms with van der Waals surface area (Å²) >= 11 is 0. The van der Waals surface area contributed by atoms with Crippen LogP contribution in [0, 0.1) is 0 Å². The summed E-state index contributed by atoms with van der Waals surface area (Å²) in [7, 11) is 0. The Morgan fingerprint density at radius 1 is 1.80 bits per heavy atom. The van der Waals surface area contributed by atoms with E-state index in [-0.39, 0.29) is 1.43 Å². The Bertz CT molecular complexity index is 159. The first-order valence-electron chi connectivity index (χ1n) is 3.46. The average molecular weight is 140 g/mol. The molecule has 0 aliphatic heterocycles. The summed E-state index contributed by atoms with van der Waals surface area (Å²) in [6.45, 7) is 7.78. The van der Waals surface area contributed by atoms with Gasteiger partial charge in [-0.3, -0.25) is 5.10 Å². The van der Waals surface area contributed by atoms with Crippen molar-refractivity contribution in [2.45, 2.75) is 20.3 Å². The third-order valence-electron chi connectivity index (χ3n) is 0.742. The molecular formula is C8H16N2. The minimum absolute atomic E-state index is 0. The molecular weight excluding hydrogens is 124 g/mol. The first kappa shape index (κ1) is 8.95. The Labute approximate surface area is 63.5 Å². The third-order valence-corrected chi connectivity index (χ3v) is 0.742. The van der Waals surface area contributed by atoms with Gasteiger partial charge in [-0.25, -0.2) is 0 Å². The molecule has 0 bridgehead atoms. The quantitative estimate of drug-likeness (QED) is 0.638. The van der Waals surface area contributed by atoms with Crippen LogP contribution in [0.4, 0.5) is 0 Å². The Morgan fingerprint density at radius 3 is 2.60 bits per heavy atom. The van der Waals surface area contributed by atoms with E-state index in [0.717, 1.165) is 5.69 Å². The van der Waals surface area contributed by atoms with Crippen LogP contribution in [0.3, 0.4) is 0 Å². The van der Waals surface area contributed by atoms with Crippen LogP contribution in [-0.2, 0) is 0 Å². The second kappa shape index (κ2) is 6.08. The Balaban J connectivity index is 0. The smallest absolute Gasteiger partial charge is 0.0571 e. The summed E-state index contributed by atoms with van der Waals surface area (Å²) in [5.74, 6) is 0. The minimum Gasteiger partial charge on any atom is -0.278 e. The van der Waals surface area contributed by atoms with E-state index in [9.17, 15) is 0 Å². The van der Waals surface area contributed by atoms with Gasteiger partial charge in [-0.2, -0.15) is 5.10 Å². The first-order chi connectivity index (χ1) is 4.85. The fraction of sp³-hybridized carbons (Fsp3) is 0.375. The standard InChI is InChI=1S/C5H6N2.C3H8.H2/c1-2-5-3-4-6-7-5;1-3-2;/h2-4H,1H2,(H,6,7);3H2,1-2H3;1H. The van der Waals surface area contributed by atoms with Gasteiger partial charge in [-0.15, -0.1) is 0 Å². The highest BCUT2D eigenvalue weighted by atomic mass is 15.1. The second-order valence-electron chi connectivity index (χ2n) is 1.92. The van der Waals surface area contributed by atoms with Crippen LogP contribution in [-0.4, -0.2) is 10.2 Å². The molecule has 0 spiro atoms. The zero-order valence-corrected chi connectivity index (χ0v) is 6.59. The molecule has 1 aromatic rings. The van der Waals surface area contributed by atoms with Gasteiger partial charge in [0.1, 0.15) is 0 Å². The molecule has 0 aliphatic rings. The SMILES string of the molecule is C=Cc1ccn[nH]1.CCC.[HH]. The number of rotatable bonds is 1. The largest absolute Gasteiger partial charge is 0.278 e. The molecule has 0 saturated heterocycles. The van der Waals surface area contributed by atoms with Crippen LogP contribution >= 0.6 is 0 Å². The lowest BCUT2D eigenvalue weighted by molar-refractivity contribution is 1.08. The van der Waals surface area contributed by atoms with Gasteiger partial charge in [0.15, 0.2) is 0 Å². The van der Waals surface area contributed by atoms with Crippen molar-refractivity contribution in [2.75, 3.05) is 0 Å². The first-order valence-corrected chi connectivity index (χ1v) is 3.46. The van der Waals surface area contributed by atoms with Gasteiger partial charge in [-0.05, 0) is 12.1 Å². The van der Waals surface area contributed by atoms with E-state index in [2.05, 4.69) is 30.6 Å². The van der Waals surface area contributed by atoms with Crippen molar-refractivity contribution < 1.29 is 1.43 Å². The molecule has 0 unspecified atom stereocenters. The summed E-state index contributed by atoms with van der Waals surface area (Å²) in [6.07, 6.45) is 4.66. The normalized spacial score (nSPS) is 7.80. The van der Waals surface area contributed by atoms with Crippen molar-refractivity contribution >= 4 is 6.08 Å². The maximum absolute atomic E-state index is 3.70. The van der Waals surface area contributed by atoms with Crippen molar-refractivity contribution in [3.05, 3.63) is 24.5 Å². The molecule has 0 saturated carbocycles. The van der Waals surface area contributed by atoms with Crippen molar-refractivity contribution in [3.63, 3.8) is 0 Å². The Morgan fingerprint density at radius 2 is 2.40 bits per heavy atom. The summed E-state index contributed by atoms with van der Waals surface area (Å²) in [4.78, 5) is 0. The maximum Gasteiger partial charge on any atom is 0.0571 e. The highest BCUT2D eigenvalue weighted by Crippen LogP contribution is 1.89. The second-order valence-corrected chi connectivity index (χ2v) is 1.92. The third kappa shape index (κ3) is 3.89. The van der Waals surface area contributed by atoms with Gasteiger partial charge in [0.25, 0.3) is 0 Å². The Hall–Kier alpha value is -1.05. The molecule has 0 aliphatic carbocycles. The van der Waals surface area contributed by atoms with Crippen LogP contribution in [0.1, 0.15) is 27.4 Å². The molecule has 58 valence electrons. The molecule has 0 amide bonds. The molecule has 2 heteroatoms.